The van der Waals surface area contributed by atoms with Crippen LogP contribution in [0.3, 0.4) is 0 Å². The van der Waals surface area contributed by atoms with Crippen LogP contribution < -0.4 is 16.4 Å². The van der Waals surface area contributed by atoms with Gasteiger partial charge in [-0.25, -0.2) is 0 Å². The highest BCUT2D eigenvalue weighted by Crippen LogP contribution is 2.24. The number of hydrogen-bond donors (Lipinski definition) is 2. The van der Waals surface area contributed by atoms with Gasteiger partial charge in [0.1, 0.15) is 11.6 Å². The number of nitrogens with zero attached hydrogens (tertiary/aromatic N) is 3. The number of carbonyl (C=O) groups is 1. The number of alkyl halides is 1. The van der Waals surface area contributed by atoms with E-state index in [1.807, 2.05) is 0 Å². The summed E-state index contributed by atoms with van der Waals surface area (Å²) in [4.78, 5) is 21.0. The standard InChI is InChI=1S/C8H10BrN5O/c9-4-1-7(15)14(3-4)6-2-5(10)12-8(11)13-6/h2,4H,1,3H2,(H4,10,11,12,13). The number of rotatable bonds is 1. The second-order valence-electron chi connectivity index (χ2n) is 3.31. The molecule has 1 amide bonds. The molecule has 1 unspecified atom stereocenters. The molecule has 1 aromatic rings. The SMILES string of the molecule is Nc1cc(N2CC(Br)CC2=O)nc(N)n1. The fourth-order valence-corrected chi connectivity index (χ4v) is 2.06. The average molecular weight is 272 g/mol. The maximum absolute atomic E-state index is 11.6. The zero-order valence-electron chi connectivity index (χ0n) is 7.85. The van der Waals surface area contributed by atoms with Gasteiger partial charge in [0.15, 0.2) is 0 Å². The number of hydrogen-bond acceptors (Lipinski definition) is 5. The summed E-state index contributed by atoms with van der Waals surface area (Å²) in [6.45, 7) is 0.578. The van der Waals surface area contributed by atoms with E-state index in [0.717, 1.165) is 0 Å². The quantitative estimate of drug-likeness (QED) is 0.708. The van der Waals surface area contributed by atoms with E-state index in [0.29, 0.717) is 18.8 Å². The second-order valence-corrected chi connectivity index (χ2v) is 4.61. The monoisotopic (exact) mass is 271 g/mol. The largest absolute Gasteiger partial charge is 0.383 e. The zero-order chi connectivity index (χ0) is 11.0. The lowest BCUT2D eigenvalue weighted by atomic mass is 10.4. The van der Waals surface area contributed by atoms with Crippen LogP contribution in [0.15, 0.2) is 6.07 Å². The molecular formula is C8H10BrN5O. The highest BCUT2D eigenvalue weighted by molar-refractivity contribution is 9.09. The number of amides is 1. The van der Waals surface area contributed by atoms with Crippen LogP contribution in [0, 0.1) is 0 Å². The molecule has 6 nitrogen and oxygen atoms in total. The van der Waals surface area contributed by atoms with Crippen LogP contribution in [-0.4, -0.2) is 27.2 Å². The number of nitrogens with two attached hydrogens (primary N) is 2. The molecule has 2 heterocycles. The molecule has 1 fully saturated rings. The normalized spacial score (nSPS) is 21.0. The third-order valence-electron chi connectivity index (χ3n) is 2.10. The maximum atomic E-state index is 11.6. The first-order chi connectivity index (χ1) is 7.06. The summed E-state index contributed by atoms with van der Waals surface area (Å²) in [5, 5.41) is 0. The summed E-state index contributed by atoms with van der Waals surface area (Å²) in [5.74, 6) is 0.820. The third-order valence-corrected chi connectivity index (χ3v) is 2.72. The van der Waals surface area contributed by atoms with Gasteiger partial charge in [0.25, 0.3) is 0 Å². The predicted molar refractivity (Wildman–Crippen MR) is 60.5 cm³/mol. The molecule has 0 bridgehead atoms. The lowest BCUT2D eigenvalue weighted by molar-refractivity contribution is -0.117. The molecule has 15 heavy (non-hydrogen) atoms. The molecule has 1 aromatic heterocycles. The lowest BCUT2D eigenvalue weighted by Crippen LogP contribution is -2.26. The van der Waals surface area contributed by atoms with Gasteiger partial charge in [-0.15, -0.1) is 0 Å². The van der Waals surface area contributed by atoms with Crippen molar-refractivity contribution < 1.29 is 4.79 Å². The number of nitrogen functional groups attached to an aromatic ring is 2. The summed E-state index contributed by atoms with van der Waals surface area (Å²) >= 11 is 3.38. The van der Waals surface area contributed by atoms with Crippen molar-refractivity contribution in [3.8, 4) is 0 Å². The highest BCUT2D eigenvalue weighted by atomic mass is 79.9. The molecule has 0 spiro atoms. The molecule has 0 radical (unpaired) electrons. The van der Waals surface area contributed by atoms with Gasteiger partial charge in [0, 0.05) is 23.9 Å². The minimum atomic E-state index is 0.00868. The van der Waals surface area contributed by atoms with Crippen LogP contribution in [0.1, 0.15) is 6.42 Å². The summed E-state index contributed by atoms with van der Waals surface area (Å²) in [6, 6.07) is 1.54. The van der Waals surface area contributed by atoms with Crippen LogP contribution in [0.25, 0.3) is 0 Å². The topological polar surface area (TPSA) is 98.1 Å². The third kappa shape index (κ3) is 2.01. The van der Waals surface area contributed by atoms with Gasteiger partial charge in [-0.3, -0.25) is 9.69 Å². The summed E-state index contributed by atoms with van der Waals surface area (Å²) in [7, 11) is 0. The predicted octanol–water partition coefficient (Wildman–Crippen LogP) is 0.141. The first-order valence-corrected chi connectivity index (χ1v) is 5.32. The molecule has 2 rings (SSSR count). The molecule has 1 aliphatic rings. The minimum Gasteiger partial charge on any atom is -0.383 e. The number of carbonyl (C=O) groups excluding carboxylic acids is 1. The van der Waals surface area contributed by atoms with Crippen LogP contribution in [0.4, 0.5) is 17.6 Å². The van der Waals surface area contributed by atoms with E-state index >= 15 is 0 Å². The van der Waals surface area contributed by atoms with Crippen molar-refractivity contribution in [2.45, 2.75) is 11.2 Å². The first-order valence-electron chi connectivity index (χ1n) is 4.40. The molecule has 0 saturated carbocycles. The van der Waals surface area contributed by atoms with Crippen molar-refractivity contribution >= 4 is 39.4 Å². The lowest BCUT2D eigenvalue weighted by Gasteiger charge is -2.14. The van der Waals surface area contributed by atoms with Crippen molar-refractivity contribution in [2.75, 3.05) is 22.9 Å². The fourth-order valence-electron chi connectivity index (χ4n) is 1.50. The summed E-state index contributed by atoms with van der Waals surface area (Å²) < 4.78 is 0. The summed E-state index contributed by atoms with van der Waals surface area (Å²) in [5.41, 5.74) is 11.0. The van der Waals surface area contributed by atoms with Crippen molar-refractivity contribution in [2.24, 2.45) is 0 Å². The second kappa shape index (κ2) is 3.65. The Hall–Kier alpha value is -1.37. The molecule has 7 heteroatoms. The molecule has 1 saturated heterocycles. The van der Waals surface area contributed by atoms with Crippen molar-refractivity contribution in [3.63, 3.8) is 0 Å². The van der Waals surface area contributed by atoms with E-state index in [-0.39, 0.29) is 22.5 Å². The average Bonchev–Trinajstić information content (AvgIpc) is 2.43. The van der Waals surface area contributed by atoms with E-state index in [4.69, 9.17) is 11.5 Å². The molecule has 4 N–H and O–H groups in total. The Balaban J connectivity index is 2.33. The number of halogens is 1. The van der Waals surface area contributed by atoms with Crippen LogP contribution in [0.5, 0.6) is 0 Å². The number of anilines is 3. The van der Waals surface area contributed by atoms with Gasteiger partial charge in [0.2, 0.25) is 11.9 Å². The van der Waals surface area contributed by atoms with E-state index in [1.54, 1.807) is 11.0 Å². The zero-order valence-corrected chi connectivity index (χ0v) is 9.44. The molecule has 1 atom stereocenters. The smallest absolute Gasteiger partial charge is 0.229 e. The van der Waals surface area contributed by atoms with Gasteiger partial charge in [-0.05, 0) is 0 Å². The van der Waals surface area contributed by atoms with Gasteiger partial charge in [0.05, 0.1) is 0 Å². The molecule has 80 valence electrons. The van der Waals surface area contributed by atoms with Crippen LogP contribution in [0.2, 0.25) is 0 Å². The Morgan fingerprint density at radius 2 is 2.20 bits per heavy atom. The fraction of sp³-hybridized carbons (Fsp3) is 0.375. The first kappa shape index (κ1) is 10.2. The maximum Gasteiger partial charge on any atom is 0.229 e. The Kier molecular flexibility index (Phi) is 2.47. The van der Waals surface area contributed by atoms with Crippen LogP contribution >= 0.6 is 15.9 Å². The van der Waals surface area contributed by atoms with Gasteiger partial charge < -0.3 is 11.5 Å². The Morgan fingerprint density at radius 1 is 1.47 bits per heavy atom. The van der Waals surface area contributed by atoms with E-state index in [1.165, 1.54) is 0 Å². The van der Waals surface area contributed by atoms with Gasteiger partial charge in [-0.2, -0.15) is 9.97 Å². The molecule has 0 aromatic carbocycles. The van der Waals surface area contributed by atoms with Crippen molar-refractivity contribution in [3.05, 3.63) is 6.07 Å². The molecule has 0 aliphatic carbocycles. The Labute approximate surface area is 94.8 Å². The number of aromatic nitrogens is 2. The molecule has 1 aliphatic heterocycles. The van der Waals surface area contributed by atoms with E-state index in [9.17, 15) is 4.79 Å². The van der Waals surface area contributed by atoms with E-state index < -0.39 is 0 Å². The van der Waals surface area contributed by atoms with Crippen molar-refractivity contribution in [1.29, 1.82) is 0 Å². The molecular weight excluding hydrogens is 262 g/mol. The van der Waals surface area contributed by atoms with Gasteiger partial charge >= 0.3 is 0 Å². The van der Waals surface area contributed by atoms with Gasteiger partial charge in [-0.1, -0.05) is 15.9 Å². The van der Waals surface area contributed by atoms with Crippen LogP contribution in [-0.2, 0) is 4.79 Å². The Morgan fingerprint density at radius 3 is 2.73 bits per heavy atom. The van der Waals surface area contributed by atoms with Crippen molar-refractivity contribution in [1.82, 2.24) is 9.97 Å². The minimum absolute atomic E-state index is 0.00868. The highest BCUT2D eigenvalue weighted by Gasteiger charge is 2.29. The van der Waals surface area contributed by atoms with E-state index in [2.05, 4.69) is 25.9 Å². The Bertz CT molecular complexity index is 390. The summed E-state index contributed by atoms with van der Waals surface area (Å²) in [6.07, 6.45) is 0.462.